The van der Waals surface area contributed by atoms with Gasteiger partial charge in [0.1, 0.15) is 6.42 Å². The first kappa shape index (κ1) is 11.6. The maximum Gasteiger partial charge on any atom is 0.397 e. The Morgan fingerprint density at radius 2 is 2.07 bits per heavy atom. The fraction of sp³-hybridized carbons (Fsp3) is 0.875. The second-order valence-corrected chi connectivity index (χ2v) is 3.97. The molecule has 0 aromatic rings. The minimum atomic E-state index is -4.44. The molecule has 0 aliphatic heterocycles. The molecule has 0 saturated heterocycles. The van der Waals surface area contributed by atoms with Crippen LogP contribution in [-0.2, 0) is 4.79 Å². The van der Waals surface area contributed by atoms with E-state index in [1.54, 1.807) is 0 Å². The Labute approximate surface area is 84.8 Å². The Hall–Kier alpha value is -0.450. The Balaban J connectivity index is 2.33. The zero-order chi connectivity index (χ0) is 10.8. The molecule has 0 heterocycles. The lowest BCUT2D eigenvalue weighted by Crippen LogP contribution is -2.39. The molecule has 2 unspecified atom stereocenters. The van der Waals surface area contributed by atoms with Crippen LogP contribution in [0.25, 0.3) is 0 Å². The molecule has 1 fully saturated rings. The van der Waals surface area contributed by atoms with Crippen LogP contribution in [0.1, 0.15) is 25.7 Å². The van der Waals surface area contributed by atoms with Gasteiger partial charge in [0, 0.05) is 6.04 Å². The minimum Gasteiger partial charge on any atom is -0.352 e. The summed E-state index contributed by atoms with van der Waals surface area (Å²) in [6.07, 6.45) is -3.60. The van der Waals surface area contributed by atoms with Crippen molar-refractivity contribution in [1.82, 2.24) is 5.32 Å². The summed E-state index contributed by atoms with van der Waals surface area (Å²) in [6.45, 7) is 0. The van der Waals surface area contributed by atoms with Crippen molar-refractivity contribution in [3.8, 4) is 0 Å². The van der Waals surface area contributed by atoms with Gasteiger partial charge >= 0.3 is 6.18 Å². The quantitative estimate of drug-likeness (QED) is 0.723. The summed E-state index contributed by atoms with van der Waals surface area (Å²) in [5, 5.41) is 2.06. The number of hydrogen-bond donors (Lipinski definition) is 1. The summed E-state index contributed by atoms with van der Waals surface area (Å²) >= 11 is 5.80. The molecule has 0 aromatic carbocycles. The molecule has 1 amide bonds. The van der Waals surface area contributed by atoms with E-state index in [1.807, 2.05) is 0 Å². The Morgan fingerprint density at radius 3 is 2.50 bits per heavy atom. The van der Waals surface area contributed by atoms with Crippen molar-refractivity contribution in [3.05, 3.63) is 0 Å². The van der Waals surface area contributed by atoms with E-state index in [9.17, 15) is 18.0 Å². The Kier molecular flexibility index (Phi) is 3.64. The third kappa shape index (κ3) is 3.74. The maximum atomic E-state index is 11.8. The smallest absolute Gasteiger partial charge is 0.352 e. The van der Waals surface area contributed by atoms with Gasteiger partial charge in [-0.2, -0.15) is 13.2 Å². The molecule has 2 atom stereocenters. The van der Waals surface area contributed by atoms with Crippen molar-refractivity contribution in [2.24, 2.45) is 0 Å². The van der Waals surface area contributed by atoms with Crippen molar-refractivity contribution in [3.63, 3.8) is 0 Å². The van der Waals surface area contributed by atoms with Gasteiger partial charge < -0.3 is 5.32 Å². The standard InChI is InChI=1S/C8H11ClF3NO/c9-5-2-1-3-6(5)13-7(14)4-8(10,11)12/h5-6H,1-4H2,(H,13,14). The first-order chi connectivity index (χ1) is 6.38. The van der Waals surface area contributed by atoms with E-state index < -0.39 is 18.5 Å². The zero-order valence-electron chi connectivity index (χ0n) is 7.40. The first-order valence-electron chi connectivity index (χ1n) is 4.38. The monoisotopic (exact) mass is 229 g/mol. The molecule has 1 N–H and O–H groups in total. The molecule has 2 nitrogen and oxygen atoms in total. The lowest BCUT2D eigenvalue weighted by Gasteiger charge is -2.16. The van der Waals surface area contributed by atoms with Crippen molar-refractivity contribution in [2.75, 3.05) is 0 Å². The number of carbonyl (C=O) groups is 1. The van der Waals surface area contributed by atoms with Gasteiger partial charge in [0.25, 0.3) is 0 Å². The van der Waals surface area contributed by atoms with Crippen molar-refractivity contribution < 1.29 is 18.0 Å². The Bertz CT molecular complexity index is 219. The molecule has 14 heavy (non-hydrogen) atoms. The van der Waals surface area contributed by atoms with Crippen LogP contribution in [0.4, 0.5) is 13.2 Å². The second kappa shape index (κ2) is 4.38. The summed E-state index contributed by atoms with van der Waals surface area (Å²) in [5.41, 5.74) is 0. The highest BCUT2D eigenvalue weighted by atomic mass is 35.5. The van der Waals surface area contributed by atoms with Gasteiger partial charge in [-0.1, -0.05) is 0 Å². The molecule has 1 aliphatic carbocycles. The van der Waals surface area contributed by atoms with E-state index in [1.165, 1.54) is 0 Å². The van der Waals surface area contributed by atoms with E-state index in [-0.39, 0.29) is 11.4 Å². The molecule has 0 spiro atoms. The summed E-state index contributed by atoms with van der Waals surface area (Å²) in [6, 6.07) is -0.300. The van der Waals surface area contributed by atoms with Crippen LogP contribution in [0.5, 0.6) is 0 Å². The van der Waals surface area contributed by atoms with Gasteiger partial charge in [0.2, 0.25) is 5.91 Å². The molecule has 6 heteroatoms. The van der Waals surface area contributed by atoms with Crippen LogP contribution >= 0.6 is 11.6 Å². The van der Waals surface area contributed by atoms with Gasteiger partial charge in [-0.3, -0.25) is 4.79 Å². The summed E-state index contributed by atoms with van der Waals surface area (Å²) in [5.74, 6) is -0.991. The minimum absolute atomic E-state index is 0.229. The third-order valence-corrected chi connectivity index (χ3v) is 2.66. The highest BCUT2D eigenvalue weighted by Crippen LogP contribution is 2.25. The predicted molar refractivity (Wildman–Crippen MR) is 46.1 cm³/mol. The molecule has 1 aliphatic rings. The topological polar surface area (TPSA) is 29.1 Å². The maximum absolute atomic E-state index is 11.8. The number of hydrogen-bond acceptors (Lipinski definition) is 1. The average molecular weight is 230 g/mol. The predicted octanol–water partition coefficient (Wildman–Crippen LogP) is 2.21. The molecule has 0 radical (unpaired) electrons. The summed E-state index contributed by atoms with van der Waals surface area (Å²) in [4.78, 5) is 10.9. The first-order valence-corrected chi connectivity index (χ1v) is 4.82. The molecular weight excluding hydrogens is 219 g/mol. The van der Waals surface area contributed by atoms with E-state index in [0.717, 1.165) is 12.8 Å². The summed E-state index contributed by atoms with van der Waals surface area (Å²) < 4.78 is 35.4. The number of carbonyl (C=O) groups excluding carboxylic acids is 1. The van der Waals surface area contributed by atoms with E-state index in [0.29, 0.717) is 6.42 Å². The summed E-state index contributed by atoms with van der Waals surface area (Å²) in [7, 11) is 0. The van der Waals surface area contributed by atoms with E-state index in [4.69, 9.17) is 11.6 Å². The molecule has 1 rings (SSSR count). The molecule has 82 valence electrons. The highest BCUT2D eigenvalue weighted by molar-refractivity contribution is 6.21. The zero-order valence-corrected chi connectivity index (χ0v) is 8.16. The molecule has 0 bridgehead atoms. The number of amides is 1. The van der Waals surface area contributed by atoms with Crippen LogP contribution in [-0.4, -0.2) is 23.5 Å². The number of alkyl halides is 4. The van der Waals surface area contributed by atoms with Crippen molar-refractivity contribution in [2.45, 2.75) is 43.3 Å². The largest absolute Gasteiger partial charge is 0.397 e. The van der Waals surface area contributed by atoms with Crippen LogP contribution in [0.3, 0.4) is 0 Å². The fourth-order valence-electron chi connectivity index (χ4n) is 1.52. The van der Waals surface area contributed by atoms with Gasteiger partial charge in [-0.25, -0.2) is 0 Å². The number of rotatable bonds is 2. The van der Waals surface area contributed by atoms with Crippen LogP contribution in [0.15, 0.2) is 0 Å². The third-order valence-electron chi connectivity index (χ3n) is 2.14. The lowest BCUT2D eigenvalue weighted by atomic mass is 10.2. The highest BCUT2D eigenvalue weighted by Gasteiger charge is 2.34. The second-order valence-electron chi connectivity index (χ2n) is 3.41. The SMILES string of the molecule is O=C(CC(F)(F)F)NC1CCCC1Cl. The normalized spacial score (nSPS) is 27.7. The lowest BCUT2D eigenvalue weighted by molar-refractivity contribution is -0.154. The number of halogens is 4. The molecule has 0 aromatic heterocycles. The van der Waals surface area contributed by atoms with Gasteiger partial charge in [-0.15, -0.1) is 11.6 Å². The average Bonchev–Trinajstić information content (AvgIpc) is 2.32. The molecular formula is C8H11ClF3NO. The van der Waals surface area contributed by atoms with Crippen LogP contribution in [0.2, 0.25) is 0 Å². The van der Waals surface area contributed by atoms with E-state index >= 15 is 0 Å². The van der Waals surface area contributed by atoms with Gasteiger partial charge in [0.05, 0.1) is 5.38 Å². The van der Waals surface area contributed by atoms with Gasteiger partial charge in [0.15, 0.2) is 0 Å². The van der Waals surface area contributed by atoms with Crippen molar-refractivity contribution in [1.29, 1.82) is 0 Å². The van der Waals surface area contributed by atoms with Crippen molar-refractivity contribution >= 4 is 17.5 Å². The van der Waals surface area contributed by atoms with Crippen LogP contribution < -0.4 is 5.32 Å². The van der Waals surface area contributed by atoms with Gasteiger partial charge in [-0.05, 0) is 19.3 Å². The Morgan fingerprint density at radius 1 is 1.43 bits per heavy atom. The fourth-order valence-corrected chi connectivity index (χ4v) is 1.86. The van der Waals surface area contributed by atoms with E-state index in [2.05, 4.69) is 5.32 Å². The van der Waals surface area contributed by atoms with Crippen LogP contribution in [0, 0.1) is 0 Å². The number of nitrogens with one attached hydrogen (secondary N) is 1. The molecule has 1 saturated carbocycles.